The summed E-state index contributed by atoms with van der Waals surface area (Å²) in [6.45, 7) is 2.25. The number of nitrogens with two attached hydrogens (primary N) is 1. The smallest absolute Gasteiger partial charge is 0.268 e. The van der Waals surface area contributed by atoms with Gasteiger partial charge in [-0.2, -0.15) is 0 Å². The minimum Gasteiger partial charge on any atom is -0.373 e. The van der Waals surface area contributed by atoms with E-state index in [0.717, 1.165) is 16.0 Å². The molecule has 2 amide bonds. The number of carbonyl (C=O) groups excluding carboxylic acids is 2. The Balaban J connectivity index is 1.68. The number of nitrogens with zero attached hydrogens (tertiary/aromatic N) is 3. The Kier molecular flexibility index (Phi) is 4.28. The van der Waals surface area contributed by atoms with Crippen molar-refractivity contribution >= 4 is 23.2 Å². The molecule has 1 aliphatic heterocycles. The lowest BCUT2D eigenvalue weighted by Crippen LogP contribution is -2.35. The molecular weight excluding hydrogens is 380 g/mol. The lowest BCUT2D eigenvalue weighted by molar-refractivity contribution is -0.144. The fourth-order valence-electron chi connectivity index (χ4n) is 3.25. The van der Waals surface area contributed by atoms with E-state index in [2.05, 4.69) is 10.1 Å². The van der Waals surface area contributed by atoms with Gasteiger partial charge in [-0.15, -0.1) is 11.3 Å². The van der Waals surface area contributed by atoms with E-state index >= 15 is 0 Å². The summed E-state index contributed by atoms with van der Waals surface area (Å²) in [6, 6.07) is 8.99. The Bertz CT molecular complexity index is 1090. The number of benzene rings is 1. The number of hydrogen-bond acceptors (Lipinski definition) is 7. The van der Waals surface area contributed by atoms with E-state index in [-0.39, 0.29) is 17.9 Å². The molecule has 28 heavy (non-hydrogen) atoms. The molecule has 1 fully saturated rings. The Morgan fingerprint density at radius 1 is 1.36 bits per heavy atom. The lowest BCUT2D eigenvalue weighted by atomic mass is 9.98. The highest BCUT2D eigenvalue weighted by molar-refractivity contribution is 7.15. The molecule has 1 aliphatic rings. The van der Waals surface area contributed by atoms with Crippen LogP contribution in [0.3, 0.4) is 0 Å². The number of hydrogen-bond donors (Lipinski definition) is 2. The minimum absolute atomic E-state index is 0.128. The first-order chi connectivity index (χ1) is 13.3. The summed E-state index contributed by atoms with van der Waals surface area (Å²) < 4.78 is 5.30. The van der Waals surface area contributed by atoms with Crippen LogP contribution in [0.2, 0.25) is 0 Å². The molecule has 1 saturated heterocycles. The maximum atomic E-state index is 12.2. The predicted octanol–water partition coefficient (Wildman–Crippen LogP) is 1.92. The number of primary amides is 1. The van der Waals surface area contributed by atoms with Crippen LogP contribution in [0.5, 0.6) is 0 Å². The van der Waals surface area contributed by atoms with Crippen LogP contribution >= 0.6 is 11.3 Å². The third-order valence-electron chi connectivity index (χ3n) is 4.86. The Morgan fingerprint density at radius 3 is 2.75 bits per heavy atom. The second-order valence-electron chi connectivity index (χ2n) is 6.78. The van der Waals surface area contributed by atoms with Gasteiger partial charge >= 0.3 is 0 Å². The standard InChI is InChI=1S/C19H18N4O4S/c1-10-15(16(20)24)21-17(28-10)12-5-3-4-11(8-12)13-9-14(27-22-13)19(26)6-7-23(2)18(19)25/h3-5,8-9,26H,6-7H2,1-2H3,(H2,20,24)/t19-/m1/s1. The van der Waals surface area contributed by atoms with Gasteiger partial charge in [-0.3, -0.25) is 9.59 Å². The summed E-state index contributed by atoms with van der Waals surface area (Å²) in [4.78, 5) is 30.2. The second kappa shape index (κ2) is 6.54. The molecule has 0 radical (unpaired) electrons. The molecule has 144 valence electrons. The SMILES string of the molecule is Cc1sc(-c2cccc(-c3cc([C@]4(O)CCN(C)C4=O)on3)c2)nc1C(N)=O. The van der Waals surface area contributed by atoms with Gasteiger partial charge in [-0.25, -0.2) is 4.98 Å². The summed E-state index contributed by atoms with van der Waals surface area (Å²) in [5.41, 5.74) is 5.97. The summed E-state index contributed by atoms with van der Waals surface area (Å²) in [6.07, 6.45) is 0.255. The fraction of sp³-hybridized carbons (Fsp3) is 0.263. The van der Waals surface area contributed by atoms with Gasteiger partial charge in [0, 0.05) is 42.1 Å². The minimum atomic E-state index is -1.68. The highest BCUT2D eigenvalue weighted by Gasteiger charge is 2.48. The molecule has 2 aromatic heterocycles. The van der Waals surface area contributed by atoms with Gasteiger partial charge in [0.1, 0.15) is 16.4 Å². The average Bonchev–Trinajstić information content (AvgIpc) is 3.38. The molecule has 3 N–H and O–H groups in total. The van der Waals surface area contributed by atoms with Gasteiger partial charge in [0.05, 0.1) is 0 Å². The van der Waals surface area contributed by atoms with E-state index in [9.17, 15) is 14.7 Å². The molecule has 3 aromatic rings. The molecule has 1 aromatic carbocycles. The molecule has 3 heterocycles. The summed E-state index contributed by atoms with van der Waals surface area (Å²) in [5, 5.41) is 15.4. The van der Waals surface area contributed by atoms with Gasteiger partial charge in [-0.1, -0.05) is 23.4 Å². The third-order valence-corrected chi connectivity index (χ3v) is 5.88. The van der Waals surface area contributed by atoms with Gasteiger partial charge in [-0.05, 0) is 13.0 Å². The van der Waals surface area contributed by atoms with Crippen LogP contribution in [0.4, 0.5) is 0 Å². The van der Waals surface area contributed by atoms with Crippen molar-refractivity contribution in [1.82, 2.24) is 15.0 Å². The molecule has 9 heteroatoms. The van der Waals surface area contributed by atoms with E-state index in [1.165, 1.54) is 16.2 Å². The van der Waals surface area contributed by atoms with E-state index in [1.807, 2.05) is 24.3 Å². The Hall–Kier alpha value is -3.04. The number of thiazole rings is 1. The molecular formula is C19H18N4O4S. The molecule has 0 bridgehead atoms. The zero-order chi connectivity index (χ0) is 20.1. The number of carbonyl (C=O) groups is 2. The van der Waals surface area contributed by atoms with Crippen LogP contribution < -0.4 is 5.73 Å². The largest absolute Gasteiger partial charge is 0.373 e. The van der Waals surface area contributed by atoms with E-state index in [4.69, 9.17) is 10.3 Å². The number of likely N-dealkylation sites (tertiary alicyclic amines) is 1. The number of rotatable bonds is 4. The van der Waals surface area contributed by atoms with Crippen LogP contribution in [0, 0.1) is 6.92 Å². The molecule has 1 atom stereocenters. The first kappa shape index (κ1) is 18.3. The van der Waals surface area contributed by atoms with Crippen molar-refractivity contribution in [2.45, 2.75) is 18.9 Å². The zero-order valence-electron chi connectivity index (χ0n) is 15.3. The normalized spacial score (nSPS) is 19.4. The van der Waals surface area contributed by atoms with Crippen LogP contribution in [0.15, 0.2) is 34.9 Å². The third kappa shape index (κ3) is 2.88. The van der Waals surface area contributed by atoms with Gasteiger partial charge in [0.25, 0.3) is 11.8 Å². The van der Waals surface area contributed by atoms with Crippen LogP contribution in [-0.4, -0.2) is 45.6 Å². The van der Waals surface area contributed by atoms with Crippen molar-refractivity contribution in [1.29, 1.82) is 0 Å². The summed E-state index contributed by atoms with van der Waals surface area (Å²) >= 11 is 1.38. The van der Waals surface area contributed by atoms with E-state index < -0.39 is 17.4 Å². The van der Waals surface area contributed by atoms with Crippen LogP contribution in [0.25, 0.3) is 21.8 Å². The lowest BCUT2D eigenvalue weighted by Gasteiger charge is -2.16. The van der Waals surface area contributed by atoms with Crippen molar-refractivity contribution in [3.63, 3.8) is 0 Å². The number of likely N-dealkylation sites (N-methyl/N-ethyl adjacent to an activating group) is 1. The van der Waals surface area contributed by atoms with Gasteiger partial charge in [0.2, 0.25) is 5.60 Å². The maximum Gasteiger partial charge on any atom is 0.268 e. The van der Waals surface area contributed by atoms with Crippen molar-refractivity contribution in [3.8, 4) is 21.8 Å². The Labute approximate surface area is 164 Å². The predicted molar refractivity (Wildman–Crippen MR) is 102 cm³/mol. The van der Waals surface area contributed by atoms with Crippen molar-refractivity contribution in [2.24, 2.45) is 5.73 Å². The number of aryl methyl sites for hydroxylation is 1. The Morgan fingerprint density at radius 2 is 2.11 bits per heavy atom. The van der Waals surface area contributed by atoms with E-state index in [0.29, 0.717) is 17.2 Å². The van der Waals surface area contributed by atoms with Gasteiger partial charge < -0.3 is 20.3 Å². The topological polar surface area (TPSA) is 123 Å². The highest BCUT2D eigenvalue weighted by Crippen LogP contribution is 2.36. The number of amides is 2. The van der Waals surface area contributed by atoms with Crippen molar-refractivity contribution < 1.29 is 19.2 Å². The van der Waals surface area contributed by atoms with Gasteiger partial charge in [0.15, 0.2) is 5.76 Å². The first-order valence-electron chi connectivity index (χ1n) is 8.63. The molecule has 4 rings (SSSR count). The molecule has 0 aliphatic carbocycles. The summed E-state index contributed by atoms with van der Waals surface area (Å²) in [5.74, 6) is -0.832. The molecule has 0 saturated carbocycles. The van der Waals surface area contributed by atoms with Crippen LogP contribution in [0.1, 0.15) is 27.5 Å². The second-order valence-corrected chi connectivity index (χ2v) is 7.99. The maximum absolute atomic E-state index is 12.2. The average molecular weight is 398 g/mol. The van der Waals surface area contributed by atoms with Crippen molar-refractivity contribution in [2.75, 3.05) is 13.6 Å². The van der Waals surface area contributed by atoms with Crippen molar-refractivity contribution in [3.05, 3.63) is 46.7 Å². The highest BCUT2D eigenvalue weighted by atomic mass is 32.1. The monoisotopic (exact) mass is 398 g/mol. The first-order valence-corrected chi connectivity index (χ1v) is 9.44. The quantitative estimate of drug-likeness (QED) is 0.692. The zero-order valence-corrected chi connectivity index (χ0v) is 16.1. The number of aromatic nitrogens is 2. The molecule has 8 nitrogen and oxygen atoms in total. The van der Waals surface area contributed by atoms with Crippen LogP contribution in [-0.2, 0) is 10.4 Å². The fourth-order valence-corrected chi connectivity index (χ4v) is 4.16. The summed E-state index contributed by atoms with van der Waals surface area (Å²) in [7, 11) is 1.64. The van der Waals surface area contributed by atoms with E-state index in [1.54, 1.807) is 20.0 Å². The molecule has 0 spiro atoms. The number of aliphatic hydroxyl groups is 1. The molecule has 0 unspecified atom stereocenters.